The number of nitrogens with one attached hydrogen (secondary N) is 1. The fourth-order valence-corrected chi connectivity index (χ4v) is 5.92. The third kappa shape index (κ3) is 4.57. The molecule has 5 rings (SSSR count). The molecule has 7 heteroatoms. The van der Waals surface area contributed by atoms with Crippen molar-refractivity contribution in [2.24, 2.45) is 5.92 Å². The summed E-state index contributed by atoms with van der Waals surface area (Å²) in [5, 5.41) is 13.0. The van der Waals surface area contributed by atoms with E-state index in [-0.39, 0.29) is 36.6 Å². The summed E-state index contributed by atoms with van der Waals surface area (Å²) in [6, 6.07) is 25.2. The lowest BCUT2D eigenvalue weighted by molar-refractivity contribution is -0.136. The molecule has 0 bridgehead atoms. The number of nitriles is 1. The molecule has 0 unspecified atom stereocenters. The van der Waals surface area contributed by atoms with E-state index in [0.717, 1.165) is 22.4 Å². The third-order valence-corrected chi connectivity index (χ3v) is 7.93. The van der Waals surface area contributed by atoms with Gasteiger partial charge in [0.05, 0.1) is 11.5 Å². The molecule has 198 valence electrons. The number of carbonyl (C=O) groups excluding carboxylic acids is 3. The largest absolute Gasteiger partial charge is 0.330 e. The number of hydrogen-bond acceptors (Lipinski definition) is 4. The lowest BCUT2D eigenvalue weighted by Gasteiger charge is -2.33. The molecule has 2 aliphatic rings. The van der Waals surface area contributed by atoms with Crippen LogP contribution in [0.25, 0.3) is 11.1 Å². The van der Waals surface area contributed by atoms with Crippen molar-refractivity contribution < 1.29 is 14.4 Å². The van der Waals surface area contributed by atoms with Gasteiger partial charge in [0.25, 0.3) is 5.91 Å². The molecule has 0 aromatic heterocycles. The van der Waals surface area contributed by atoms with Gasteiger partial charge in [-0.25, -0.2) is 0 Å². The summed E-state index contributed by atoms with van der Waals surface area (Å²) in [6.07, 6.45) is 0.653. The van der Waals surface area contributed by atoms with E-state index in [0.29, 0.717) is 12.0 Å². The highest BCUT2D eigenvalue weighted by Gasteiger charge is 2.56. The van der Waals surface area contributed by atoms with Crippen LogP contribution in [0.1, 0.15) is 42.6 Å². The Bertz CT molecular complexity index is 1460. The molecule has 3 amide bonds. The van der Waals surface area contributed by atoms with E-state index in [2.05, 4.69) is 11.4 Å². The third-order valence-electron chi connectivity index (χ3n) is 7.93. The average Bonchev–Trinajstić information content (AvgIpc) is 3.48. The van der Waals surface area contributed by atoms with Gasteiger partial charge in [-0.15, -0.1) is 0 Å². The average molecular weight is 521 g/mol. The maximum atomic E-state index is 14.2. The van der Waals surface area contributed by atoms with Gasteiger partial charge in [0.2, 0.25) is 11.8 Å². The van der Waals surface area contributed by atoms with Gasteiger partial charge in [0.1, 0.15) is 12.1 Å². The molecule has 2 heterocycles. The van der Waals surface area contributed by atoms with Crippen LogP contribution >= 0.6 is 0 Å². The van der Waals surface area contributed by atoms with Crippen molar-refractivity contribution >= 4 is 23.4 Å². The Labute approximate surface area is 229 Å². The normalized spacial score (nSPS) is 20.4. The molecule has 0 aliphatic carbocycles. The van der Waals surface area contributed by atoms with E-state index in [1.165, 1.54) is 9.80 Å². The molecule has 1 saturated heterocycles. The number of amides is 3. The molecule has 1 N–H and O–H groups in total. The van der Waals surface area contributed by atoms with Gasteiger partial charge in [0.15, 0.2) is 0 Å². The van der Waals surface area contributed by atoms with Gasteiger partial charge in [-0.1, -0.05) is 80.6 Å². The first-order chi connectivity index (χ1) is 18.8. The molecule has 1 spiro atoms. The molecule has 7 nitrogen and oxygen atoms in total. The number of carbonyl (C=O) groups is 3. The molecule has 0 radical (unpaired) electrons. The van der Waals surface area contributed by atoms with Crippen molar-refractivity contribution in [1.82, 2.24) is 9.80 Å². The van der Waals surface area contributed by atoms with Gasteiger partial charge in [-0.2, -0.15) is 5.26 Å². The monoisotopic (exact) mass is 520 g/mol. The first kappa shape index (κ1) is 26.2. The van der Waals surface area contributed by atoms with Crippen LogP contribution in [-0.2, 0) is 15.0 Å². The summed E-state index contributed by atoms with van der Waals surface area (Å²) >= 11 is 0. The fourth-order valence-electron chi connectivity index (χ4n) is 5.92. The Morgan fingerprint density at radius 3 is 2.44 bits per heavy atom. The zero-order valence-electron chi connectivity index (χ0n) is 22.4. The summed E-state index contributed by atoms with van der Waals surface area (Å²) in [5.41, 5.74) is 2.77. The number of likely N-dealkylation sites (N-methyl/N-ethyl adjacent to an activating group) is 1. The highest BCUT2D eigenvalue weighted by atomic mass is 16.2. The number of para-hydroxylation sites is 1. The van der Waals surface area contributed by atoms with E-state index >= 15 is 0 Å². The van der Waals surface area contributed by atoms with Crippen molar-refractivity contribution in [3.05, 3.63) is 90.0 Å². The van der Waals surface area contributed by atoms with Crippen molar-refractivity contribution in [1.29, 1.82) is 5.26 Å². The van der Waals surface area contributed by atoms with E-state index in [9.17, 15) is 19.6 Å². The minimum absolute atomic E-state index is 0.101. The lowest BCUT2D eigenvalue weighted by Crippen LogP contribution is -2.52. The number of fused-ring (bicyclic) bond motifs is 2. The lowest BCUT2D eigenvalue weighted by atomic mass is 9.80. The highest BCUT2D eigenvalue weighted by Crippen LogP contribution is 2.46. The molecule has 0 saturated carbocycles. The Kier molecular flexibility index (Phi) is 6.96. The van der Waals surface area contributed by atoms with Crippen LogP contribution in [0.2, 0.25) is 0 Å². The van der Waals surface area contributed by atoms with Crippen LogP contribution in [0.4, 0.5) is 5.69 Å². The maximum Gasteiger partial charge on any atom is 0.254 e. The summed E-state index contributed by atoms with van der Waals surface area (Å²) in [6.45, 7) is 4.11. The smallest absolute Gasteiger partial charge is 0.254 e. The highest BCUT2D eigenvalue weighted by molar-refractivity contribution is 6.08. The van der Waals surface area contributed by atoms with E-state index < -0.39 is 17.5 Å². The molecule has 3 aromatic carbocycles. The zero-order valence-corrected chi connectivity index (χ0v) is 22.4. The molecule has 39 heavy (non-hydrogen) atoms. The second-order valence-electron chi connectivity index (χ2n) is 10.9. The van der Waals surface area contributed by atoms with Crippen LogP contribution < -0.4 is 5.32 Å². The van der Waals surface area contributed by atoms with Crippen LogP contribution in [0.15, 0.2) is 78.9 Å². The topological polar surface area (TPSA) is 93.5 Å². The number of likely N-dealkylation sites (tertiary alicyclic amines) is 1. The Morgan fingerprint density at radius 2 is 1.72 bits per heavy atom. The number of anilines is 1. The second-order valence-corrected chi connectivity index (χ2v) is 10.9. The summed E-state index contributed by atoms with van der Waals surface area (Å²) in [5.74, 6) is -0.649. The summed E-state index contributed by atoms with van der Waals surface area (Å²) in [4.78, 5) is 44.3. The summed E-state index contributed by atoms with van der Waals surface area (Å²) < 4.78 is 0. The standard InChI is InChI=1S/C32H32N4O3/c1-21(2)17-28(35(3)29(37)25-14-8-7-13-24(25)22-11-5-4-6-12-22)30(38)36-20-32(18-23(36)19-33)26-15-9-10-16-27(26)34-31(32)39/h4-16,21,23,28H,17-18,20H2,1-3H3,(H,34,39)/t23-,28-,32-/m0/s1. The molecular formula is C32H32N4O3. The van der Waals surface area contributed by atoms with E-state index in [1.807, 2.05) is 86.6 Å². The van der Waals surface area contributed by atoms with Gasteiger partial charge in [-0.05, 0) is 41.2 Å². The van der Waals surface area contributed by atoms with Crippen molar-refractivity contribution in [3.8, 4) is 17.2 Å². The second kappa shape index (κ2) is 10.4. The minimum atomic E-state index is -0.975. The SMILES string of the molecule is CC(C)C[C@@H](C(=O)N1C[C@]2(C[C@H]1C#N)C(=O)Nc1ccccc12)N(C)C(=O)c1ccccc1-c1ccccc1. The Balaban J connectivity index is 1.47. The zero-order chi connectivity index (χ0) is 27.7. The number of hydrogen-bond donors (Lipinski definition) is 1. The van der Waals surface area contributed by atoms with Crippen molar-refractivity contribution in [3.63, 3.8) is 0 Å². The molecule has 2 aliphatic heterocycles. The number of nitrogens with zero attached hydrogens (tertiary/aromatic N) is 3. The quantitative estimate of drug-likeness (QED) is 0.503. The van der Waals surface area contributed by atoms with Gasteiger partial charge in [-0.3, -0.25) is 14.4 Å². The van der Waals surface area contributed by atoms with Gasteiger partial charge in [0, 0.05) is 31.3 Å². The van der Waals surface area contributed by atoms with Crippen LogP contribution in [0.3, 0.4) is 0 Å². The van der Waals surface area contributed by atoms with E-state index in [4.69, 9.17) is 0 Å². The number of benzene rings is 3. The maximum absolute atomic E-state index is 14.2. The predicted molar refractivity (Wildman–Crippen MR) is 150 cm³/mol. The van der Waals surface area contributed by atoms with E-state index in [1.54, 1.807) is 13.1 Å². The van der Waals surface area contributed by atoms with Crippen molar-refractivity contribution in [2.75, 3.05) is 18.9 Å². The minimum Gasteiger partial charge on any atom is -0.330 e. The van der Waals surface area contributed by atoms with Gasteiger partial charge < -0.3 is 15.1 Å². The van der Waals surface area contributed by atoms with Crippen LogP contribution in [-0.4, -0.2) is 53.2 Å². The first-order valence-electron chi connectivity index (χ1n) is 13.3. The fraction of sp³-hybridized carbons (Fsp3) is 0.312. The first-order valence-corrected chi connectivity index (χ1v) is 13.3. The predicted octanol–water partition coefficient (Wildman–Crippen LogP) is 4.85. The molecular weight excluding hydrogens is 488 g/mol. The molecule has 1 fully saturated rings. The van der Waals surface area contributed by atoms with Crippen LogP contribution in [0, 0.1) is 17.2 Å². The van der Waals surface area contributed by atoms with Crippen molar-refractivity contribution in [2.45, 2.75) is 44.2 Å². The Morgan fingerprint density at radius 1 is 1.05 bits per heavy atom. The number of rotatable bonds is 6. The molecule has 3 atom stereocenters. The Hall–Kier alpha value is -4.44. The molecule has 3 aromatic rings. The van der Waals surface area contributed by atoms with Crippen LogP contribution in [0.5, 0.6) is 0 Å². The van der Waals surface area contributed by atoms with Gasteiger partial charge >= 0.3 is 0 Å². The summed E-state index contributed by atoms with van der Waals surface area (Å²) in [7, 11) is 1.65.